The molecular formula is C30H37N3O5. The Labute approximate surface area is 224 Å². The number of para-hydroxylation sites is 1. The second-order valence-corrected chi connectivity index (χ2v) is 10.5. The van der Waals surface area contributed by atoms with E-state index >= 15 is 0 Å². The number of likely N-dealkylation sites (tertiary alicyclic amines) is 1. The van der Waals surface area contributed by atoms with Crippen LogP contribution in [0.3, 0.4) is 0 Å². The molecule has 1 heterocycles. The molecule has 0 aromatic heterocycles. The fourth-order valence-corrected chi connectivity index (χ4v) is 5.20. The number of amides is 3. The average Bonchev–Trinajstić information content (AvgIpc) is 3.42. The van der Waals surface area contributed by atoms with E-state index in [1.807, 2.05) is 44.2 Å². The van der Waals surface area contributed by atoms with Crippen molar-refractivity contribution in [1.29, 1.82) is 0 Å². The smallest absolute Gasteiger partial charge is 0.289 e. The summed E-state index contributed by atoms with van der Waals surface area (Å²) in [4.78, 5) is 54.0. The van der Waals surface area contributed by atoms with Gasteiger partial charge in [-0.05, 0) is 61.9 Å². The fourth-order valence-electron chi connectivity index (χ4n) is 5.20. The van der Waals surface area contributed by atoms with E-state index in [1.54, 1.807) is 24.3 Å². The maximum Gasteiger partial charge on any atom is 0.289 e. The molecule has 2 fully saturated rings. The fraction of sp³-hybridized carbons (Fsp3) is 0.467. The molecule has 2 aliphatic rings. The van der Waals surface area contributed by atoms with Crippen molar-refractivity contribution < 1.29 is 23.9 Å². The van der Waals surface area contributed by atoms with Crippen LogP contribution in [-0.2, 0) is 14.4 Å². The van der Waals surface area contributed by atoms with E-state index in [0.29, 0.717) is 36.4 Å². The molecule has 202 valence electrons. The summed E-state index contributed by atoms with van der Waals surface area (Å²) in [6, 6.07) is 14.4. The van der Waals surface area contributed by atoms with Gasteiger partial charge in [-0.15, -0.1) is 0 Å². The highest BCUT2D eigenvalue weighted by Gasteiger charge is 2.41. The van der Waals surface area contributed by atoms with E-state index in [4.69, 9.17) is 4.74 Å². The Hall–Kier alpha value is -3.68. The molecule has 8 nitrogen and oxygen atoms in total. The first kappa shape index (κ1) is 27.4. The molecular weight excluding hydrogens is 482 g/mol. The minimum atomic E-state index is -0.837. The second kappa shape index (κ2) is 12.7. The van der Waals surface area contributed by atoms with Gasteiger partial charge in [0.05, 0.1) is 0 Å². The van der Waals surface area contributed by atoms with Crippen LogP contribution in [-0.4, -0.2) is 53.1 Å². The SMILES string of the molecule is CC(C)[C@H](NC(=O)c1cccc(Oc2ccccc2)c1)C(=O)N1CCC[C@H]1C(=O)C(=O)NC1CCCCC1. The predicted octanol–water partition coefficient (Wildman–Crippen LogP) is 4.24. The van der Waals surface area contributed by atoms with Gasteiger partial charge in [0.1, 0.15) is 23.6 Å². The zero-order chi connectivity index (χ0) is 27.1. The minimum absolute atomic E-state index is 0.0232. The molecule has 2 N–H and O–H groups in total. The van der Waals surface area contributed by atoms with Crippen LogP contribution in [0, 0.1) is 5.92 Å². The molecule has 4 rings (SSSR count). The van der Waals surface area contributed by atoms with Crippen LogP contribution in [0.5, 0.6) is 11.5 Å². The quantitative estimate of drug-likeness (QED) is 0.482. The first-order chi connectivity index (χ1) is 18.3. The highest BCUT2D eigenvalue weighted by atomic mass is 16.5. The zero-order valence-corrected chi connectivity index (χ0v) is 22.2. The van der Waals surface area contributed by atoms with Crippen molar-refractivity contribution in [2.45, 2.75) is 76.9 Å². The highest BCUT2D eigenvalue weighted by Crippen LogP contribution is 2.24. The molecule has 1 saturated carbocycles. The molecule has 2 atom stereocenters. The van der Waals surface area contributed by atoms with Gasteiger partial charge in [0.2, 0.25) is 11.7 Å². The van der Waals surface area contributed by atoms with Crippen LogP contribution in [0.25, 0.3) is 0 Å². The van der Waals surface area contributed by atoms with Gasteiger partial charge in [-0.3, -0.25) is 19.2 Å². The molecule has 8 heteroatoms. The van der Waals surface area contributed by atoms with E-state index in [0.717, 1.165) is 32.1 Å². The summed E-state index contributed by atoms with van der Waals surface area (Å²) in [6.07, 6.45) is 6.08. The van der Waals surface area contributed by atoms with Crippen LogP contribution in [0.4, 0.5) is 0 Å². The van der Waals surface area contributed by atoms with Gasteiger partial charge >= 0.3 is 0 Å². The number of ketones is 1. The summed E-state index contributed by atoms with van der Waals surface area (Å²) < 4.78 is 5.84. The Morgan fingerprint density at radius 2 is 1.58 bits per heavy atom. The van der Waals surface area contributed by atoms with Crippen molar-refractivity contribution >= 4 is 23.5 Å². The van der Waals surface area contributed by atoms with Gasteiger partial charge in [0.15, 0.2) is 0 Å². The molecule has 0 unspecified atom stereocenters. The number of Topliss-reactive ketones (excluding diaryl/α,β-unsaturated/α-hetero) is 1. The van der Waals surface area contributed by atoms with Crippen molar-refractivity contribution in [2.75, 3.05) is 6.54 Å². The highest BCUT2D eigenvalue weighted by molar-refractivity contribution is 6.38. The number of hydrogen-bond donors (Lipinski definition) is 2. The first-order valence-electron chi connectivity index (χ1n) is 13.6. The van der Waals surface area contributed by atoms with Crippen LogP contribution < -0.4 is 15.4 Å². The number of nitrogens with zero attached hydrogens (tertiary/aromatic N) is 1. The number of rotatable bonds is 9. The van der Waals surface area contributed by atoms with E-state index in [-0.39, 0.29) is 17.9 Å². The van der Waals surface area contributed by atoms with Crippen molar-refractivity contribution in [2.24, 2.45) is 5.92 Å². The summed E-state index contributed by atoms with van der Waals surface area (Å²) in [6.45, 7) is 4.08. The van der Waals surface area contributed by atoms with Gasteiger partial charge in [0, 0.05) is 18.2 Å². The number of carbonyl (C=O) groups is 4. The van der Waals surface area contributed by atoms with Gasteiger partial charge in [-0.2, -0.15) is 0 Å². The van der Waals surface area contributed by atoms with Gasteiger partial charge < -0.3 is 20.3 Å². The van der Waals surface area contributed by atoms with Crippen molar-refractivity contribution in [3.8, 4) is 11.5 Å². The lowest BCUT2D eigenvalue weighted by molar-refractivity contribution is -0.145. The van der Waals surface area contributed by atoms with Gasteiger partial charge in [-0.25, -0.2) is 0 Å². The standard InChI is InChI=1S/C30H37N3O5/c1-20(2)26(32-28(35)21-11-9-16-24(19-21)38-23-14-7-4-8-15-23)30(37)33-18-10-17-25(33)27(34)29(36)31-22-12-5-3-6-13-22/h4,7-9,11,14-16,19-20,22,25-26H,3,5-6,10,12-13,17-18H2,1-2H3,(H,31,36)(H,32,35)/t25-,26-/m0/s1. The topological polar surface area (TPSA) is 105 Å². The molecule has 1 aliphatic carbocycles. The Morgan fingerprint density at radius 1 is 0.868 bits per heavy atom. The molecule has 2 aromatic rings. The minimum Gasteiger partial charge on any atom is -0.457 e. The summed E-state index contributed by atoms with van der Waals surface area (Å²) in [5.74, 6) is -0.993. The number of hydrogen-bond acceptors (Lipinski definition) is 5. The van der Waals surface area contributed by atoms with Crippen LogP contribution in [0.2, 0.25) is 0 Å². The molecule has 1 saturated heterocycles. The summed E-state index contributed by atoms with van der Waals surface area (Å²) in [5.41, 5.74) is 0.359. The zero-order valence-electron chi connectivity index (χ0n) is 22.2. The Kier molecular flexibility index (Phi) is 9.15. The number of nitrogens with one attached hydrogen (secondary N) is 2. The average molecular weight is 520 g/mol. The number of carbonyl (C=O) groups excluding carboxylic acids is 4. The maximum absolute atomic E-state index is 13.6. The largest absolute Gasteiger partial charge is 0.457 e. The summed E-state index contributed by atoms with van der Waals surface area (Å²) in [5, 5.41) is 5.73. The lowest BCUT2D eigenvalue weighted by atomic mass is 9.95. The van der Waals surface area contributed by atoms with Crippen LogP contribution in [0.1, 0.15) is 69.2 Å². The van der Waals surface area contributed by atoms with E-state index < -0.39 is 29.7 Å². The number of benzene rings is 2. The third kappa shape index (κ3) is 6.79. The maximum atomic E-state index is 13.6. The van der Waals surface area contributed by atoms with E-state index in [1.165, 1.54) is 4.90 Å². The first-order valence-corrected chi connectivity index (χ1v) is 13.6. The van der Waals surface area contributed by atoms with Crippen molar-refractivity contribution in [3.05, 3.63) is 60.2 Å². The lowest BCUT2D eigenvalue weighted by Crippen LogP contribution is -2.55. The monoisotopic (exact) mass is 519 g/mol. The third-order valence-corrected chi connectivity index (χ3v) is 7.30. The lowest BCUT2D eigenvalue weighted by Gasteiger charge is -2.30. The molecule has 2 aromatic carbocycles. The van der Waals surface area contributed by atoms with Gasteiger partial charge in [0.25, 0.3) is 11.8 Å². The molecule has 3 amide bonds. The Balaban J connectivity index is 1.41. The summed E-state index contributed by atoms with van der Waals surface area (Å²) in [7, 11) is 0. The molecule has 0 radical (unpaired) electrons. The normalized spacial score (nSPS) is 18.6. The van der Waals surface area contributed by atoms with Crippen molar-refractivity contribution in [1.82, 2.24) is 15.5 Å². The van der Waals surface area contributed by atoms with E-state index in [2.05, 4.69) is 10.6 Å². The van der Waals surface area contributed by atoms with E-state index in [9.17, 15) is 19.2 Å². The third-order valence-electron chi connectivity index (χ3n) is 7.30. The molecule has 0 bridgehead atoms. The van der Waals surface area contributed by atoms with Crippen LogP contribution in [0.15, 0.2) is 54.6 Å². The molecule has 1 aliphatic heterocycles. The Morgan fingerprint density at radius 3 is 2.29 bits per heavy atom. The number of ether oxygens (including phenoxy) is 1. The Bertz CT molecular complexity index is 1140. The van der Waals surface area contributed by atoms with Gasteiger partial charge in [-0.1, -0.05) is 57.4 Å². The summed E-state index contributed by atoms with van der Waals surface area (Å²) >= 11 is 0. The second-order valence-electron chi connectivity index (χ2n) is 10.5. The predicted molar refractivity (Wildman–Crippen MR) is 144 cm³/mol. The van der Waals surface area contributed by atoms with Crippen molar-refractivity contribution in [3.63, 3.8) is 0 Å². The molecule has 38 heavy (non-hydrogen) atoms. The van der Waals surface area contributed by atoms with Crippen LogP contribution >= 0.6 is 0 Å². The molecule has 0 spiro atoms.